The summed E-state index contributed by atoms with van der Waals surface area (Å²) in [4.78, 5) is 0. The first-order valence-corrected chi connectivity index (χ1v) is 7.94. The van der Waals surface area contributed by atoms with Crippen molar-refractivity contribution >= 4 is 39.9 Å². The first-order chi connectivity index (χ1) is 9.22. The fraction of sp³-hybridized carbons (Fsp3) is 0.250. The van der Waals surface area contributed by atoms with Crippen molar-refractivity contribution in [3.8, 4) is 0 Å². The number of hydrogen-bond donors (Lipinski definition) is 1. The zero-order chi connectivity index (χ0) is 13.2. The lowest BCUT2D eigenvalue weighted by molar-refractivity contribution is 0.374. The van der Waals surface area contributed by atoms with Crippen LogP contribution in [0.5, 0.6) is 0 Å². The van der Waals surface area contributed by atoms with E-state index >= 15 is 0 Å². The van der Waals surface area contributed by atoms with Gasteiger partial charge >= 0.3 is 0 Å². The van der Waals surface area contributed by atoms with Crippen LogP contribution in [0, 0.1) is 3.57 Å². The summed E-state index contributed by atoms with van der Waals surface area (Å²) in [5, 5.41) is 4.44. The first-order valence-electron chi connectivity index (χ1n) is 6.49. The number of hydrogen-bond acceptors (Lipinski definition) is 1. The molecular weight excluding hydrogens is 369 g/mol. The van der Waals surface area contributed by atoms with Crippen LogP contribution in [0.4, 0.5) is 5.69 Å². The molecule has 1 saturated carbocycles. The summed E-state index contributed by atoms with van der Waals surface area (Å²) in [7, 11) is 0. The van der Waals surface area contributed by atoms with Gasteiger partial charge in [-0.05, 0) is 71.2 Å². The highest BCUT2D eigenvalue weighted by atomic mass is 127. The molecule has 2 aromatic rings. The highest BCUT2D eigenvalue weighted by molar-refractivity contribution is 14.1. The van der Waals surface area contributed by atoms with E-state index in [4.69, 9.17) is 11.6 Å². The average molecular weight is 384 g/mol. The molecule has 0 aromatic heterocycles. The van der Waals surface area contributed by atoms with Crippen LogP contribution in [0.1, 0.15) is 24.3 Å². The Bertz CT molecular complexity index is 561. The summed E-state index contributed by atoms with van der Waals surface area (Å²) in [6.07, 6.45) is 2.40. The number of nitrogens with one attached hydrogen (secondary N) is 1. The second kappa shape index (κ2) is 5.71. The lowest BCUT2D eigenvalue weighted by Crippen LogP contribution is -2.34. The number of halogens is 2. The fourth-order valence-electron chi connectivity index (χ4n) is 2.54. The van der Waals surface area contributed by atoms with Crippen molar-refractivity contribution in [2.24, 2.45) is 0 Å². The molecule has 0 heterocycles. The van der Waals surface area contributed by atoms with Crippen LogP contribution < -0.4 is 5.32 Å². The standard InChI is InChI=1S/C16H15ClIN/c17-13-7-5-11(6-8-13)12-9-14(10-12)19-16-4-2-1-3-15(16)18/h1-8,12,14,19H,9-10H2. The minimum atomic E-state index is 0.594. The number of anilines is 1. The molecule has 2 aromatic carbocycles. The van der Waals surface area contributed by atoms with E-state index in [-0.39, 0.29) is 0 Å². The molecule has 0 radical (unpaired) electrons. The van der Waals surface area contributed by atoms with Crippen molar-refractivity contribution in [3.63, 3.8) is 0 Å². The van der Waals surface area contributed by atoms with Crippen molar-refractivity contribution in [3.05, 3.63) is 62.7 Å². The van der Waals surface area contributed by atoms with Gasteiger partial charge in [0, 0.05) is 20.3 Å². The monoisotopic (exact) mass is 383 g/mol. The average Bonchev–Trinajstić information content (AvgIpc) is 2.37. The molecule has 1 fully saturated rings. The Balaban J connectivity index is 1.58. The molecular formula is C16H15ClIN. The molecule has 3 heteroatoms. The van der Waals surface area contributed by atoms with E-state index in [0.717, 1.165) is 5.02 Å². The summed E-state index contributed by atoms with van der Waals surface area (Å²) in [6.45, 7) is 0. The van der Waals surface area contributed by atoms with Gasteiger partial charge in [0.1, 0.15) is 0 Å². The summed E-state index contributed by atoms with van der Waals surface area (Å²) >= 11 is 8.30. The van der Waals surface area contributed by atoms with E-state index in [1.165, 1.54) is 27.7 Å². The molecule has 98 valence electrons. The van der Waals surface area contributed by atoms with Gasteiger partial charge in [-0.3, -0.25) is 0 Å². The van der Waals surface area contributed by atoms with Gasteiger partial charge in [0.05, 0.1) is 0 Å². The topological polar surface area (TPSA) is 12.0 Å². The Hall–Kier alpha value is -0.740. The maximum absolute atomic E-state index is 5.92. The Morgan fingerprint density at radius 1 is 1.00 bits per heavy atom. The molecule has 3 rings (SSSR count). The van der Waals surface area contributed by atoms with E-state index in [2.05, 4.69) is 64.3 Å². The van der Waals surface area contributed by atoms with E-state index in [1.54, 1.807) is 0 Å². The van der Waals surface area contributed by atoms with Crippen molar-refractivity contribution in [1.29, 1.82) is 0 Å². The molecule has 1 aliphatic rings. The molecule has 0 amide bonds. The van der Waals surface area contributed by atoms with Crippen molar-refractivity contribution in [1.82, 2.24) is 0 Å². The summed E-state index contributed by atoms with van der Waals surface area (Å²) in [5.41, 5.74) is 2.66. The van der Waals surface area contributed by atoms with Gasteiger partial charge in [-0.15, -0.1) is 0 Å². The largest absolute Gasteiger partial charge is 0.381 e. The maximum Gasteiger partial charge on any atom is 0.0478 e. The number of para-hydroxylation sites is 1. The molecule has 0 unspecified atom stereocenters. The van der Waals surface area contributed by atoms with Crippen molar-refractivity contribution in [2.45, 2.75) is 24.8 Å². The molecule has 0 saturated heterocycles. The Morgan fingerprint density at radius 3 is 2.37 bits per heavy atom. The summed E-state index contributed by atoms with van der Waals surface area (Å²) < 4.78 is 1.29. The highest BCUT2D eigenvalue weighted by Gasteiger charge is 2.30. The van der Waals surface area contributed by atoms with Gasteiger partial charge in [-0.25, -0.2) is 0 Å². The molecule has 1 nitrogen and oxygen atoms in total. The molecule has 19 heavy (non-hydrogen) atoms. The van der Waals surface area contributed by atoms with E-state index < -0.39 is 0 Å². The van der Waals surface area contributed by atoms with Crippen LogP contribution in [0.15, 0.2) is 48.5 Å². The SMILES string of the molecule is Clc1ccc(C2CC(Nc3ccccc3I)C2)cc1. The minimum Gasteiger partial charge on any atom is -0.381 e. The van der Waals surface area contributed by atoms with Gasteiger partial charge in [0.25, 0.3) is 0 Å². The van der Waals surface area contributed by atoms with Crippen LogP contribution in [-0.2, 0) is 0 Å². The van der Waals surface area contributed by atoms with E-state index in [0.29, 0.717) is 12.0 Å². The van der Waals surface area contributed by atoms with Crippen LogP contribution in [0.3, 0.4) is 0 Å². The fourth-order valence-corrected chi connectivity index (χ4v) is 3.21. The molecule has 0 bridgehead atoms. The molecule has 0 aliphatic heterocycles. The molecule has 1 N–H and O–H groups in total. The quantitative estimate of drug-likeness (QED) is 0.709. The Labute approximate surface area is 132 Å². The third-order valence-electron chi connectivity index (χ3n) is 3.71. The highest BCUT2D eigenvalue weighted by Crippen LogP contribution is 2.39. The van der Waals surface area contributed by atoms with Gasteiger partial charge in [-0.1, -0.05) is 35.9 Å². The first kappa shape index (κ1) is 13.3. The second-order valence-electron chi connectivity index (χ2n) is 5.04. The normalized spacial score (nSPS) is 21.8. The summed E-state index contributed by atoms with van der Waals surface area (Å²) in [6, 6.07) is 17.3. The molecule has 0 spiro atoms. The third kappa shape index (κ3) is 3.06. The van der Waals surface area contributed by atoms with Crippen molar-refractivity contribution in [2.75, 3.05) is 5.32 Å². The Kier molecular flexibility index (Phi) is 3.99. The number of rotatable bonds is 3. The maximum atomic E-state index is 5.92. The second-order valence-corrected chi connectivity index (χ2v) is 6.64. The van der Waals surface area contributed by atoms with E-state index in [9.17, 15) is 0 Å². The number of benzene rings is 2. The van der Waals surface area contributed by atoms with Gasteiger partial charge in [-0.2, -0.15) is 0 Å². The van der Waals surface area contributed by atoms with Crippen LogP contribution in [-0.4, -0.2) is 6.04 Å². The predicted octanol–water partition coefficient (Wildman–Crippen LogP) is 5.30. The summed E-state index contributed by atoms with van der Waals surface area (Å²) in [5.74, 6) is 0.677. The smallest absolute Gasteiger partial charge is 0.0478 e. The minimum absolute atomic E-state index is 0.594. The zero-order valence-corrected chi connectivity index (χ0v) is 13.4. The lowest BCUT2D eigenvalue weighted by Gasteiger charge is -2.37. The van der Waals surface area contributed by atoms with Crippen LogP contribution >= 0.6 is 34.2 Å². The molecule has 0 atom stereocenters. The van der Waals surface area contributed by atoms with Crippen molar-refractivity contribution < 1.29 is 0 Å². The van der Waals surface area contributed by atoms with Gasteiger partial charge in [0.2, 0.25) is 0 Å². The molecule has 1 aliphatic carbocycles. The third-order valence-corrected chi connectivity index (χ3v) is 4.91. The lowest BCUT2D eigenvalue weighted by atomic mass is 9.76. The van der Waals surface area contributed by atoms with Gasteiger partial charge < -0.3 is 5.32 Å². The van der Waals surface area contributed by atoms with Crippen LogP contribution in [0.25, 0.3) is 0 Å². The van der Waals surface area contributed by atoms with Gasteiger partial charge in [0.15, 0.2) is 0 Å². The van der Waals surface area contributed by atoms with Crippen LogP contribution in [0.2, 0.25) is 5.02 Å². The van der Waals surface area contributed by atoms with E-state index in [1.807, 2.05) is 12.1 Å². The Morgan fingerprint density at radius 2 is 1.68 bits per heavy atom. The predicted molar refractivity (Wildman–Crippen MR) is 90.0 cm³/mol. The zero-order valence-electron chi connectivity index (χ0n) is 10.4.